The van der Waals surface area contributed by atoms with Crippen LogP contribution < -0.4 is 10.6 Å². The molecule has 3 aromatic rings. The zero-order valence-corrected chi connectivity index (χ0v) is 14.1. The highest BCUT2D eigenvalue weighted by Gasteiger charge is 2.22. The Kier molecular flexibility index (Phi) is 5.18. The van der Waals surface area contributed by atoms with Crippen molar-refractivity contribution in [3.8, 4) is 0 Å². The predicted octanol–water partition coefficient (Wildman–Crippen LogP) is 4.53. The minimum Gasteiger partial charge on any atom is -0.449 e. The van der Waals surface area contributed by atoms with Crippen LogP contribution in [0.2, 0.25) is 0 Å². The van der Waals surface area contributed by atoms with E-state index in [0.29, 0.717) is 11.0 Å². The third-order valence-electron chi connectivity index (χ3n) is 3.57. The first kappa shape index (κ1) is 17.9. The van der Waals surface area contributed by atoms with E-state index >= 15 is 0 Å². The van der Waals surface area contributed by atoms with Crippen molar-refractivity contribution in [3.63, 3.8) is 0 Å². The maximum Gasteiger partial charge on any atom is 0.293 e. The fourth-order valence-electron chi connectivity index (χ4n) is 2.38. The van der Waals surface area contributed by atoms with Crippen LogP contribution in [-0.4, -0.2) is 17.7 Å². The molecular weight excluding hydrogens is 366 g/mol. The van der Waals surface area contributed by atoms with Crippen LogP contribution in [-0.2, 0) is 4.79 Å². The standard InChI is InChI=1S/C18H13ClF2N2O3/c19-8-7-15(24)23-16-11-3-1-2-4-14(11)26-17(16)18(25)22-10-5-6-12(20)13(21)9-10/h1-6,9H,7-8H2,(H,22,25)(H,23,24). The van der Waals surface area contributed by atoms with Gasteiger partial charge in [-0.2, -0.15) is 0 Å². The van der Waals surface area contributed by atoms with Gasteiger partial charge in [0.2, 0.25) is 11.7 Å². The summed E-state index contributed by atoms with van der Waals surface area (Å²) in [5, 5.41) is 5.56. The van der Waals surface area contributed by atoms with Gasteiger partial charge in [0.25, 0.3) is 5.91 Å². The van der Waals surface area contributed by atoms with Gasteiger partial charge in [-0.1, -0.05) is 12.1 Å². The second-order valence-corrected chi connectivity index (χ2v) is 5.75. The molecule has 0 aliphatic heterocycles. The predicted molar refractivity (Wildman–Crippen MR) is 94.5 cm³/mol. The number of para-hydroxylation sites is 1. The molecule has 0 aliphatic carbocycles. The number of furan rings is 1. The number of nitrogens with one attached hydrogen (secondary N) is 2. The van der Waals surface area contributed by atoms with Gasteiger partial charge in [0, 0.05) is 29.4 Å². The number of halogens is 3. The highest BCUT2D eigenvalue weighted by atomic mass is 35.5. The van der Waals surface area contributed by atoms with Gasteiger partial charge in [-0.3, -0.25) is 9.59 Å². The number of hydrogen-bond donors (Lipinski definition) is 2. The maximum absolute atomic E-state index is 13.3. The minimum absolute atomic E-state index is 0.0485. The summed E-state index contributed by atoms with van der Waals surface area (Å²) < 4.78 is 31.9. The van der Waals surface area contributed by atoms with Gasteiger partial charge >= 0.3 is 0 Å². The zero-order valence-electron chi connectivity index (χ0n) is 13.3. The van der Waals surface area contributed by atoms with Gasteiger partial charge in [-0.25, -0.2) is 8.78 Å². The Morgan fingerprint density at radius 1 is 1.04 bits per heavy atom. The number of carbonyl (C=O) groups excluding carboxylic acids is 2. The normalized spacial score (nSPS) is 10.7. The lowest BCUT2D eigenvalue weighted by Crippen LogP contribution is -2.17. The molecule has 1 heterocycles. The number of anilines is 2. The Morgan fingerprint density at radius 2 is 1.81 bits per heavy atom. The number of amides is 2. The van der Waals surface area contributed by atoms with Gasteiger partial charge in [-0.05, 0) is 24.3 Å². The van der Waals surface area contributed by atoms with Gasteiger partial charge in [0.1, 0.15) is 11.3 Å². The van der Waals surface area contributed by atoms with Crippen molar-refractivity contribution in [3.05, 3.63) is 59.9 Å². The second kappa shape index (κ2) is 7.53. The first-order valence-electron chi connectivity index (χ1n) is 7.63. The average Bonchev–Trinajstić information content (AvgIpc) is 2.97. The van der Waals surface area contributed by atoms with Crippen molar-refractivity contribution < 1.29 is 22.8 Å². The summed E-state index contributed by atoms with van der Waals surface area (Å²) in [6.45, 7) is 0. The molecule has 0 saturated heterocycles. The van der Waals surface area contributed by atoms with Crippen molar-refractivity contribution in [2.24, 2.45) is 0 Å². The highest BCUT2D eigenvalue weighted by Crippen LogP contribution is 2.31. The van der Waals surface area contributed by atoms with Gasteiger partial charge in [0.15, 0.2) is 11.6 Å². The summed E-state index contributed by atoms with van der Waals surface area (Å²) in [4.78, 5) is 24.5. The molecule has 0 aliphatic rings. The van der Waals surface area contributed by atoms with E-state index in [0.717, 1.165) is 12.1 Å². The lowest BCUT2D eigenvalue weighted by atomic mass is 10.2. The van der Waals surface area contributed by atoms with Crippen LogP contribution in [0, 0.1) is 11.6 Å². The highest BCUT2D eigenvalue weighted by molar-refractivity contribution is 6.20. The monoisotopic (exact) mass is 378 g/mol. The van der Waals surface area contributed by atoms with Crippen molar-refractivity contribution in [2.75, 3.05) is 16.5 Å². The SMILES string of the molecule is O=C(CCCl)Nc1c(C(=O)Nc2ccc(F)c(F)c2)oc2ccccc12. The molecule has 0 unspecified atom stereocenters. The van der Waals surface area contributed by atoms with E-state index in [-0.39, 0.29) is 35.3 Å². The van der Waals surface area contributed by atoms with Crippen LogP contribution in [0.15, 0.2) is 46.9 Å². The molecule has 0 saturated carbocycles. The second-order valence-electron chi connectivity index (χ2n) is 5.37. The first-order valence-corrected chi connectivity index (χ1v) is 8.17. The molecular formula is C18H13ClF2N2O3. The van der Waals surface area contributed by atoms with Crippen LogP contribution in [0.25, 0.3) is 11.0 Å². The van der Waals surface area contributed by atoms with Gasteiger partial charge in [0.05, 0.1) is 0 Å². The van der Waals surface area contributed by atoms with E-state index in [1.54, 1.807) is 24.3 Å². The number of hydrogen-bond acceptors (Lipinski definition) is 3. The van der Waals surface area contributed by atoms with Crippen LogP contribution in [0.4, 0.5) is 20.2 Å². The molecule has 0 bridgehead atoms. The lowest BCUT2D eigenvalue weighted by Gasteiger charge is -2.07. The van der Waals surface area contributed by atoms with Crippen LogP contribution in [0.3, 0.4) is 0 Å². The van der Waals surface area contributed by atoms with E-state index in [2.05, 4.69) is 10.6 Å². The molecule has 26 heavy (non-hydrogen) atoms. The molecule has 3 rings (SSSR count). The molecule has 0 spiro atoms. The number of carbonyl (C=O) groups is 2. The molecule has 0 radical (unpaired) electrons. The minimum atomic E-state index is -1.09. The molecule has 1 aromatic heterocycles. The third kappa shape index (κ3) is 3.67. The topological polar surface area (TPSA) is 71.3 Å². The smallest absolute Gasteiger partial charge is 0.293 e. The van der Waals surface area contributed by atoms with Crippen molar-refractivity contribution in [1.29, 1.82) is 0 Å². The van der Waals surface area contributed by atoms with Crippen molar-refractivity contribution in [1.82, 2.24) is 0 Å². The number of rotatable bonds is 5. The van der Waals surface area contributed by atoms with Gasteiger partial charge < -0.3 is 15.1 Å². The summed E-state index contributed by atoms with van der Waals surface area (Å²) >= 11 is 5.56. The summed E-state index contributed by atoms with van der Waals surface area (Å²) in [7, 11) is 0. The van der Waals surface area contributed by atoms with E-state index in [1.165, 1.54) is 6.07 Å². The Bertz CT molecular complexity index is 988. The van der Waals surface area contributed by atoms with Crippen LogP contribution >= 0.6 is 11.6 Å². The molecule has 2 aromatic carbocycles. The summed E-state index contributed by atoms with van der Waals surface area (Å²) in [6.07, 6.45) is 0.0608. The average molecular weight is 379 g/mol. The Hall–Kier alpha value is -2.93. The van der Waals surface area contributed by atoms with E-state index in [9.17, 15) is 18.4 Å². The molecule has 2 amide bonds. The molecule has 8 heteroatoms. The third-order valence-corrected chi connectivity index (χ3v) is 3.75. The summed E-state index contributed by atoms with van der Waals surface area (Å²) in [5.41, 5.74) is 0.632. The fourth-order valence-corrected chi connectivity index (χ4v) is 2.55. The zero-order chi connectivity index (χ0) is 18.7. The number of fused-ring (bicyclic) bond motifs is 1. The van der Waals surface area contributed by atoms with Crippen molar-refractivity contribution >= 4 is 45.8 Å². The lowest BCUT2D eigenvalue weighted by molar-refractivity contribution is -0.115. The van der Waals surface area contributed by atoms with Crippen LogP contribution in [0.5, 0.6) is 0 Å². The molecule has 0 fully saturated rings. The number of benzene rings is 2. The molecule has 134 valence electrons. The Morgan fingerprint density at radius 3 is 2.54 bits per heavy atom. The van der Waals surface area contributed by atoms with Gasteiger partial charge in [-0.15, -0.1) is 11.6 Å². The Labute approximate surface area is 151 Å². The van der Waals surface area contributed by atoms with Crippen molar-refractivity contribution in [2.45, 2.75) is 6.42 Å². The maximum atomic E-state index is 13.3. The fraction of sp³-hybridized carbons (Fsp3) is 0.111. The van der Waals surface area contributed by atoms with E-state index in [1.807, 2.05) is 0 Å². The quantitative estimate of drug-likeness (QED) is 0.641. The van der Waals surface area contributed by atoms with E-state index < -0.39 is 17.5 Å². The summed E-state index contributed by atoms with van der Waals surface area (Å²) in [6, 6.07) is 9.72. The van der Waals surface area contributed by atoms with E-state index in [4.69, 9.17) is 16.0 Å². The molecule has 0 atom stereocenters. The Balaban J connectivity index is 1.95. The molecule has 5 nitrogen and oxygen atoms in total. The first-order chi connectivity index (χ1) is 12.5. The van der Waals surface area contributed by atoms with Crippen LogP contribution in [0.1, 0.15) is 17.0 Å². The summed E-state index contributed by atoms with van der Waals surface area (Å²) in [5.74, 6) is -3.25. The molecule has 2 N–H and O–H groups in total. The number of alkyl halides is 1. The largest absolute Gasteiger partial charge is 0.449 e.